The smallest absolute Gasteiger partial charge is 0.168 e. The highest BCUT2D eigenvalue weighted by Crippen LogP contribution is 2.37. The number of nitrogens with two attached hydrogens (primary N) is 1. The number of halogens is 2. The molecule has 3 nitrogen and oxygen atoms in total. The molecular formula is C13H19F2N3. The van der Waals surface area contributed by atoms with Crippen molar-refractivity contribution in [3.05, 3.63) is 17.7 Å². The molecule has 0 spiro atoms. The highest BCUT2D eigenvalue weighted by atomic mass is 19.1. The van der Waals surface area contributed by atoms with E-state index in [1.807, 2.05) is 0 Å². The van der Waals surface area contributed by atoms with E-state index in [4.69, 9.17) is 5.73 Å². The lowest BCUT2D eigenvalue weighted by Crippen LogP contribution is -2.39. The van der Waals surface area contributed by atoms with Crippen LogP contribution in [0.2, 0.25) is 0 Å². The second-order valence-electron chi connectivity index (χ2n) is 5.62. The Hall–Kier alpha value is -1.39. The maximum Gasteiger partial charge on any atom is 0.168 e. The van der Waals surface area contributed by atoms with Gasteiger partial charge in [-0.1, -0.05) is 26.7 Å². The SMILES string of the molecule is CC1(C)CCCCC1Nc1nc(N)c(F)cc1F. The molecule has 0 aromatic carbocycles. The molecule has 18 heavy (non-hydrogen) atoms. The molecule has 0 amide bonds. The van der Waals surface area contributed by atoms with E-state index in [0.717, 1.165) is 25.3 Å². The lowest BCUT2D eigenvalue weighted by Gasteiger charge is -2.39. The van der Waals surface area contributed by atoms with Gasteiger partial charge >= 0.3 is 0 Å². The van der Waals surface area contributed by atoms with Crippen molar-refractivity contribution in [3.63, 3.8) is 0 Å². The van der Waals surface area contributed by atoms with Crippen molar-refractivity contribution in [2.45, 2.75) is 45.6 Å². The van der Waals surface area contributed by atoms with Gasteiger partial charge < -0.3 is 11.1 Å². The van der Waals surface area contributed by atoms with Crippen molar-refractivity contribution >= 4 is 11.6 Å². The van der Waals surface area contributed by atoms with Gasteiger partial charge in [-0.05, 0) is 18.3 Å². The molecule has 3 N–H and O–H groups in total. The Morgan fingerprint density at radius 1 is 1.33 bits per heavy atom. The van der Waals surface area contributed by atoms with Gasteiger partial charge in [-0.3, -0.25) is 0 Å². The Kier molecular flexibility index (Phi) is 3.41. The minimum absolute atomic E-state index is 0.0499. The fraction of sp³-hybridized carbons (Fsp3) is 0.615. The molecule has 2 rings (SSSR count). The Bertz CT molecular complexity index is 446. The number of nitrogen functional groups attached to an aromatic ring is 1. The van der Waals surface area contributed by atoms with Crippen LogP contribution >= 0.6 is 0 Å². The molecule has 0 saturated heterocycles. The molecule has 1 fully saturated rings. The third-order valence-electron chi connectivity index (χ3n) is 3.77. The Morgan fingerprint density at radius 3 is 2.72 bits per heavy atom. The van der Waals surface area contributed by atoms with Crippen LogP contribution in [0.4, 0.5) is 20.4 Å². The zero-order chi connectivity index (χ0) is 13.3. The summed E-state index contributed by atoms with van der Waals surface area (Å²) < 4.78 is 26.7. The van der Waals surface area contributed by atoms with Crippen LogP contribution in [0, 0.1) is 17.0 Å². The summed E-state index contributed by atoms with van der Waals surface area (Å²) in [6.45, 7) is 4.29. The van der Waals surface area contributed by atoms with Crippen LogP contribution in [-0.4, -0.2) is 11.0 Å². The van der Waals surface area contributed by atoms with E-state index in [1.165, 1.54) is 6.42 Å². The van der Waals surface area contributed by atoms with Gasteiger partial charge in [0.2, 0.25) is 0 Å². The molecule has 100 valence electrons. The van der Waals surface area contributed by atoms with Crippen LogP contribution in [-0.2, 0) is 0 Å². The number of pyridine rings is 1. The summed E-state index contributed by atoms with van der Waals surface area (Å²) >= 11 is 0. The van der Waals surface area contributed by atoms with Gasteiger partial charge in [0.25, 0.3) is 0 Å². The second kappa shape index (κ2) is 4.71. The molecule has 0 radical (unpaired) electrons. The Morgan fingerprint density at radius 2 is 2.06 bits per heavy atom. The van der Waals surface area contributed by atoms with Crippen LogP contribution in [0.1, 0.15) is 39.5 Å². The molecule has 1 aromatic rings. The Balaban J connectivity index is 2.20. The van der Waals surface area contributed by atoms with Gasteiger partial charge in [0, 0.05) is 12.1 Å². The largest absolute Gasteiger partial charge is 0.381 e. The minimum atomic E-state index is -0.819. The first-order chi connectivity index (χ1) is 8.40. The zero-order valence-electron chi connectivity index (χ0n) is 10.8. The summed E-state index contributed by atoms with van der Waals surface area (Å²) in [6.07, 6.45) is 4.35. The maximum atomic E-state index is 13.6. The quantitative estimate of drug-likeness (QED) is 0.852. The van der Waals surface area contributed by atoms with Crippen LogP contribution in [0.5, 0.6) is 0 Å². The number of hydrogen-bond donors (Lipinski definition) is 2. The van der Waals surface area contributed by atoms with Crippen LogP contribution in [0.15, 0.2) is 6.07 Å². The molecule has 1 aromatic heterocycles. The summed E-state index contributed by atoms with van der Waals surface area (Å²) in [4.78, 5) is 3.75. The summed E-state index contributed by atoms with van der Waals surface area (Å²) in [5, 5.41) is 3.07. The monoisotopic (exact) mass is 255 g/mol. The molecule has 5 heteroatoms. The summed E-state index contributed by atoms with van der Waals surface area (Å²) in [6, 6.07) is 0.915. The Labute approximate surface area is 106 Å². The number of nitrogens with one attached hydrogen (secondary N) is 1. The lowest BCUT2D eigenvalue weighted by atomic mass is 9.73. The maximum absolute atomic E-state index is 13.6. The van der Waals surface area contributed by atoms with E-state index in [1.54, 1.807) is 0 Å². The number of hydrogen-bond acceptors (Lipinski definition) is 3. The topological polar surface area (TPSA) is 50.9 Å². The van der Waals surface area contributed by atoms with E-state index < -0.39 is 11.6 Å². The first-order valence-corrected chi connectivity index (χ1v) is 6.28. The first kappa shape index (κ1) is 13.1. The molecular weight excluding hydrogens is 236 g/mol. The number of anilines is 2. The van der Waals surface area contributed by atoms with Crippen molar-refractivity contribution in [1.29, 1.82) is 0 Å². The van der Waals surface area contributed by atoms with Crippen LogP contribution in [0.3, 0.4) is 0 Å². The van der Waals surface area contributed by atoms with E-state index >= 15 is 0 Å². The third-order valence-corrected chi connectivity index (χ3v) is 3.77. The summed E-state index contributed by atoms with van der Waals surface area (Å²) in [5.74, 6) is -1.73. The average molecular weight is 255 g/mol. The first-order valence-electron chi connectivity index (χ1n) is 6.28. The number of rotatable bonds is 2. The fourth-order valence-corrected chi connectivity index (χ4v) is 2.51. The average Bonchev–Trinajstić information content (AvgIpc) is 2.28. The highest BCUT2D eigenvalue weighted by Gasteiger charge is 2.32. The van der Waals surface area contributed by atoms with Crippen molar-refractivity contribution in [2.24, 2.45) is 5.41 Å². The lowest BCUT2D eigenvalue weighted by molar-refractivity contribution is 0.216. The van der Waals surface area contributed by atoms with Gasteiger partial charge in [0.05, 0.1) is 0 Å². The van der Waals surface area contributed by atoms with E-state index in [0.29, 0.717) is 0 Å². The van der Waals surface area contributed by atoms with Gasteiger partial charge in [0.15, 0.2) is 23.3 Å². The normalized spacial score (nSPS) is 22.8. The molecule has 1 atom stereocenters. The van der Waals surface area contributed by atoms with Crippen molar-refractivity contribution in [3.8, 4) is 0 Å². The van der Waals surface area contributed by atoms with E-state index in [2.05, 4.69) is 24.1 Å². The molecule has 1 heterocycles. The van der Waals surface area contributed by atoms with Gasteiger partial charge in [-0.15, -0.1) is 0 Å². The van der Waals surface area contributed by atoms with Crippen molar-refractivity contribution < 1.29 is 8.78 Å². The summed E-state index contributed by atoms with van der Waals surface area (Å²) in [7, 11) is 0. The second-order valence-corrected chi connectivity index (χ2v) is 5.62. The number of aromatic nitrogens is 1. The zero-order valence-corrected chi connectivity index (χ0v) is 10.8. The van der Waals surface area contributed by atoms with Crippen LogP contribution in [0.25, 0.3) is 0 Å². The van der Waals surface area contributed by atoms with E-state index in [-0.39, 0.29) is 23.1 Å². The van der Waals surface area contributed by atoms with Crippen molar-refractivity contribution in [2.75, 3.05) is 11.1 Å². The summed E-state index contributed by atoms with van der Waals surface area (Å²) in [5.41, 5.74) is 5.45. The minimum Gasteiger partial charge on any atom is -0.381 e. The van der Waals surface area contributed by atoms with E-state index in [9.17, 15) is 8.78 Å². The predicted molar refractivity (Wildman–Crippen MR) is 68.2 cm³/mol. The fourth-order valence-electron chi connectivity index (χ4n) is 2.51. The standard InChI is InChI=1S/C13H19F2N3/c1-13(2)6-4-3-5-10(13)17-12-9(15)7-8(14)11(16)18-12/h7,10H,3-6H2,1-2H3,(H3,16,17,18). The third kappa shape index (κ3) is 2.54. The van der Waals surface area contributed by atoms with Gasteiger partial charge in [0.1, 0.15) is 0 Å². The molecule has 1 aliphatic rings. The molecule has 1 aliphatic carbocycles. The molecule has 1 saturated carbocycles. The van der Waals surface area contributed by atoms with Crippen LogP contribution < -0.4 is 11.1 Å². The molecule has 0 bridgehead atoms. The highest BCUT2D eigenvalue weighted by molar-refractivity contribution is 5.45. The molecule has 1 unspecified atom stereocenters. The van der Waals surface area contributed by atoms with Gasteiger partial charge in [-0.2, -0.15) is 0 Å². The van der Waals surface area contributed by atoms with Crippen molar-refractivity contribution in [1.82, 2.24) is 4.98 Å². The van der Waals surface area contributed by atoms with Gasteiger partial charge in [-0.25, -0.2) is 13.8 Å². The predicted octanol–water partition coefficient (Wildman–Crippen LogP) is 3.32. The number of nitrogens with zero attached hydrogens (tertiary/aromatic N) is 1. The molecule has 0 aliphatic heterocycles.